The van der Waals surface area contributed by atoms with Crippen LogP contribution >= 0.6 is 0 Å². The van der Waals surface area contributed by atoms with Gasteiger partial charge in [0.05, 0.1) is 19.2 Å². The Morgan fingerprint density at radius 3 is 2.33 bits per heavy atom. The molecule has 0 bridgehead atoms. The van der Waals surface area contributed by atoms with Crippen LogP contribution in [-0.2, 0) is 16.0 Å². The van der Waals surface area contributed by atoms with Gasteiger partial charge in [0.1, 0.15) is 23.1 Å². The quantitative estimate of drug-likeness (QED) is 0.425. The summed E-state index contributed by atoms with van der Waals surface area (Å²) in [6.07, 6.45) is 0.126. The van der Waals surface area contributed by atoms with E-state index in [2.05, 4.69) is 4.98 Å². The van der Waals surface area contributed by atoms with Crippen molar-refractivity contribution in [2.24, 2.45) is 0 Å². The lowest BCUT2D eigenvalue weighted by Gasteiger charge is -2.11. The van der Waals surface area contributed by atoms with Gasteiger partial charge in [-0.25, -0.2) is 0 Å². The van der Waals surface area contributed by atoms with Gasteiger partial charge in [-0.2, -0.15) is 5.26 Å². The molecule has 4 rings (SSSR count). The van der Waals surface area contributed by atoms with Crippen LogP contribution in [0.2, 0.25) is 0 Å². The van der Waals surface area contributed by atoms with Crippen LogP contribution < -0.4 is 10.2 Å². The Morgan fingerprint density at radius 1 is 0.909 bits per heavy atom. The number of nitrogens with one attached hydrogen (secondary N) is 1. The molecule has 0 aliphatic heterocycles. The van der Waals surface area contributed by atoms with Crippen molar-refractivity contribution >= 4 is 5.97 Å². The first-order valence-corrected chi connectivity index (χ1v) is 10.2. The molecule has 0 aliphatic rings. The van der Waals surface area contributed by atoms with E-state index in [0.29, 0.717) is 28.5 Å². The van der Waals surface area contributed by atoms with Crippen molar-refractivity contribution in [2.45, 2.75) is 6.42 Å². The number of nitrogens with zero attached hydrogens (tertiary/aromatic N) is 1. The zero-order valence-corrected chi connectivity index (χ0v) is 17.9. The van der Waals surface area contributed by atoms with E-state index in [9.17, 15) is 14.9 Å². The predicted molar refractivity (Wildman–Crippen MR) is 125 cm³/mol. The van der Waals surface area contributed by atoms with E-state index in [4.69, 9.17) is 9.47 Å². The monoisotopic (exact) mass is 436 g/mol. The summed E-state index contributed by atoms with van der Waals surface area (Å²) in [5.74, 6) is 1.00. The smallest absolute Gasteiger partial charge is 0.309 e. The number of H-pyrrole nitrogens is 1. The predicted octanol–water partition coefficient (Wildman–Crippen LogP) is 5.09. The van der Waals surface area contributed by atoms with Crippen LogP contribution in [0.15, 0.2) is 89.7 Å². The van der Waals surface area contributed by atoms with E-state index >= 15 is 0 Å². The Balaban J connectivity index is 1.69. The minimum atomic E-state index is -0.385. The van der Waals surface area contributed by atoms with Crippen LogP contribution in [0.25, 0.3) is 22.5 Å². The number of carbonyl (C=O) groups is 1. The molecule has 0 spiro atoms. The summed E-state index contributed by atoms with van der Waals surface area (Å²) >= 11 is 0. The number of hydrogen-bond acceptors (Lipinski definition) is 5. The maximum absolute atomic E-state index is 12.7. The van der Waals surface area contributed by atoms with Gasteiger partial charge in [0.25, 0.3) is 0 Å². The minimum Gasteiger partial charge on any atom is -0.469 e. The lowest BCUT2D eigenvalue weighted by molar-refractivity contribution is -0.139. The van der Waals surface area contributed by atoms with Crippen LogP contribution in [0, 0.1) is 11.3 Å². The number of carbonyl (C=O) groups excluding carboxylic acids is 1. The molecule has 162 valence electrons. The molecule has 0 unspecified atom stereocenters. The molecule has 1 heterocycles. The molecular weight excluding hydrogens is 416 g/mol. The second-order valence-electron chi connectivity index (χ2n) is 7.30. The molecule has 0 fully saturated rings. The van der Waals surface area contributed by atoms with Gasteiger partial charge in [-0.1, -0.05) is 36.4 Å². The van der Waals surface area contributed by atoms with E-state index in [1.54, 1.807) is 30.3 Å². The first kappa shape index (κ1) is 21.6. The molecule has 3 aromatic carbocycles. The average Bonchev–Trinajstić information content (AvgIpc) is 2.85. The zero-order valence-electron chi connectivity index (χ0n) is 17.9. The number of para-hydroxylation sites is 1. The summed E-state index contributed by atoms with van der Waals surface area (Å²) in [5.41, 5.74) is 2.77. The highest BCUT2D eigenvalue weighted by atomic mass is 16.5. The van der Waals surface area contributed by atoms with Crippen molar-refractivity contribution in [3.8, 4) is 40.1 Å². The molecule has 0 saturated heterocycles. The summed E-state index contributed by atoms with van der Waals surface area (Å²) in [4.78, 5) is 27.6. The van der Waals surface area contributed by atoms with Gasteiger partial charge in [0.15, 0.2) is 0 Å². The molecule has 6 nitrogen and oxygen atoms in total. The Bertz CT molecular complexity index is 1380. The van der Waals surface area contributed by atoms with Crippen molar-refractivity contribution in [2.75, 3.05) is 7.11 Å². The Labute approximate surface area is 190 Å². The third-order valence-corrected chi connectivity index (χ3v) is 5.08. The third kappa shape index (κ3) is 5.00. The highest BCUT2D eigenvalue weighted by Crippen LogP contribution is 2.28. The molecular formula is C27H20N2O4. The Hall–Kier alpha value is -4.63. The molecule has 0 saturated carbocycles. The van der Waals surface area contributed by atoms with Gasteiger partial charge < -0.3 is 14.5 Å². The molecule has 1 N–H and O–H groups in total. The molecule has 0 aliphatic carbocycles. The molecule has 1 aromatic heterocycles. The van der Waals surface area contributed by atoms with E-state index in [1.807, 2.05) is 54.6 Å². The first-order valence-electron chi connectivity index (χ1n) is 10.2. The summed E-state index contributed by atoms with van der Waals surface area (Å²) in [6.45, 7) is 0. The van der Waals surface area contributed by atoms with Crippen molar-refractivity contribution in [1.29, 1.82) is 5.26 Å². The third-order valence-electron chi connectivity index (χ3n) is 5.08. The van der Waals surface area contributed by atoms with E-state index in [-0.39, 0.29) is 23.4 Å². The highest BCUT2D eigenvalue weighted by Gasteiger charge is 2.14. The molecule has 6 heteroatoms. The number of benzene rings is 3. The number of hydrogen-bond donors (Lipinski definition) is 1. The molecule has 33 heavy (non-hydrogen) atoms. The molecule has 4 aromatic rings. The lowest BCUT2D eigenvalue weighted by atomic mass is 10.0. The summed E-state index contributed by atoms with van der Waals surface area (Å²) in [6, 6.07) is 27.2. The number of nitriles is 1. The Kier molecular flexibility index (Phi) is 6.33. The standard InChI is InChI=1S/C27H20N2O4/c1-32-26(31)15-18-6-5-7-20(14-18)24-16-25(30)23(17-28)27(29-24)19-10-12-22(13-11-19)33-21-8-3-2-4-9-21/h2-14,16H,15H2,1H3,(H,29,30). The summed E-state index contributed by atoms with van der Waals surface area (Å²) < 4.78 is 10.6. The van der Waals surface area contributed by atoms with Gasteiger partial charge in [-0.05, 0) is 59.2 Å². The van der Waals surface area contributed by atoms with Crippen molar-refractivity contribution in [1.82, 2.24) is 4.98 Å². The maximum Gasteiger partial charge on any atom is 0.309 e. The van der Waals surface area contributed by atoms with Crippen molar-refractivity contribution in [3.63, 3.8) is 0 Å². The highest BCUT2D eigenvalue weighted by molar-refractivity contribution is 5.75. The summed E-state index contributed by atoms with van der Waals surface area (Å²) in [7, 11) is 1.34. The number of ether oxygens (including phenoxy) is 2. The maximum atomic E-state index is 12.7. The summed E-state index contributed by atoms with van der Waals surface area (Å²) in [5, 5.41) is 9.60. The number of aromatic nitrogens is 1. The number of methoxy groups -OCH3 is 1. The number of aromatic amines is 1. The van der Waals surface area contributed by atoms with Gasteiger partial charge in [-0.15, -0.1) is 0 Å². The average molecular weight is 436 g/mol. The fourth-order valence-electron chi connectivity index (χ4n) is 3.44. The Morgan fingerprint density at radius 2 is 1.64 bits per heavy atom. The van der Waals surface area contributed by atoms with Crippen LogP contribution in [0.4, 0.5) is 0 Å². The number of rotatable bonds is 6. The topological polar surface area (TPSA) is 92.2 Å². The van der Waals surface area contributed by atoms with Gasteiger partial charge >= 0.3 is 5.97 Å². The van der Waals surface area contributed by atoms with Gasteiger partial charge in [-0.3, -0.25) is 9.59 Å². The lowest BCUT2D eigenvalue weighted by Crippen LogP contribution is -2.10. The normalized spacial score (nSPS) is 10.3. The second-order valence-corrected chi connectivity index (χ2v) is 7.30. The van der Waals surface area contributed by atoms with Crippen LogP contribution in [0.1, 0.15) is 11.1 Å². The van der Waals surface area contributed by atoms with Crippen molar-refractivity contribution in [3.05, 3.63) is 106 Å². The molecule has 0 amide bonds. The van der Waals surface area contributed by atoms with E-state index in [0.717, 1.165) is 11.1 Å². The largest absolute Gasteiger partial charge is 0.469 e. The fraction of sp³-hybridized carbons (Fsp3) is 0.0741. The zero-order chi connectivity index (χ0) is 23.2. The number of esters is 1. The second kappa shape index (κ2) is 9.67. The molecule has 0 atom stereocenters. The van der Waals surface area contributed by atoms with Gasteiger partial charge in [0.2, 0.25) is 5.43 Å². The van der Waals surface area contributed by atoms with E-state index < -0.39 is 0 Å². The van der Waals surface area contributed by atoms with Crippen LogP contribution in [0.5, 0.6) is 11.5 Å². The van der Waals surface area contributed by atoms with Gasteiger partial charge in [0, 0.05) is 11.8 Å². The van der Waals surface area contributed by atoms with E-state index in [1.165, 1.54) is 13.2 Å². The van der Waals surface area contributed by atoms with Crippen LogP contribution in [0.3, 0.4) is 0 Å². The molecule has 0 radical (unpaired) electrons. The number of pyridine rings is 1. The minimum absolute atomic E-state index is 0.0289. The first-order chi connectivity index (χ1) is 16.1. The van der Waals surface area contributed by atoms with Crippen molar-refractivity contribution < 1.29 is 14.3 Å². The SMILES string of the molecule is COC(=O)Cc1cccc(-c2cc(=O)c(C#N)c(-c3ccc(Oc4ccccc4)cc3)[nH]2)c1. The fourth-order valence-corrected chi connectivity index (χ4v) is 3.44. The van der Waals surface area contributed by atoms with Crippen LogP contribution in [-0.4, -0.2) is 18.1 Å².